The molecule has 1 unspecified atom stereocenters. The average Bonchev–Trinajstić information content (AvgIpc) is 2.43. The summed E-state index contributed by atoms with van der Waals surface area (Å²) >= 11 is 1.72. The van der Waals surface area contributed by atoms with Crippen LogP contribution in [0.2, 0.25) is 0 Å². The van der Waals surface area contributed by atoms with Crippen molar-refractivity contribution in [2.24, 2.45) is 10.4 Å². The van der Waals surface area contributed by atoms with Crippen molar-refractivity contribution in [2.75, 3.05) is 13.1 Å². The first-order valence-corrected chi connectivity index (χ1v) is 7.50. The van der Waals surface area contributed by atoms with Crippen molar-refractivity contribution in [3.05, 3.63) is 33.6 Å². The minimum absolute atomic E-state index is 0.0106. The first kappa shape index (κ1) is 13.3. The van der Waals surface area contributed by atoms with Crippen LogP contribution in [0.3, 0.4) is 0 Å². The Morgan fingerprint density at radius 2 is 2.45 bits per heavy atom. The second-order valence-corrected chi connectivity index (χ2v) is 6.57. The molecular formula is C14H18N4OS. The molecule has 0 aromatic rings. The van der Waals surface area contributed by atoms with Gasteiger partial charge in [0.1, 0.15) is 5.03 Å². The van der Waals surface area contributed by atoms with Gasteiger partial charge in [-0.05, 0) is 12.5 Å². The lowest BCUT2D eigenvalue weighted by Crippen LogP contribution is -2.37. The van der Waals surface area contributed by atoms with E-state index in [9.17, 15) is 4.79 Å². The van der Waals surface area contributed by atoms with Gasteiger partial charge < -0.3 is 16.0 Å². The molecule has 0 bridgehead atoms. The summed E-state index contributed by atoms with van der Waals surface area (Å²) in [6, 6.07) is 0. The maximum atomic E-state index is 11.1. The molecule has 3 aliphatic rings. The van der Waals surface area contributed by atoms with Crippen LogP contribution in [-0.2, 0) is 4.79 Å². The predicted octanol–water partition coefficient (Wildman–Crippen LogP) is 1.44. The standard InChI is InChI=1S/C14H18N4OS/c1-9(19)17-8-14(2)4-3-11-10(7-14)18-12-13(20-11)16-6-5-15-12/h3-5,16,18H,6-8H2,1-2H3,(H,17,19). The summed E-state index contributed by atoms with van der Waals surface area (Å²) in [5.41, 5.74) is 1.13. The van der Waals surface area contributed by atoms with Gasteiger partial charge in [-0.2, -0.15) is 0 Å². The number of hydrogen-bond acceptors (Lipinski definition) is 5. The zero-order valence-electron chi connectivity index (χ0n) is 11.6. The van der Waals surface area contributed by atoms with Crippen molar-refractivity contribution in [2.45, 2.75) is 20.3 Å². The average molecular weight is 290 g/mol. The van der Waals surface area contributed by atoms with E-state index in [1.54, 1.807) is 18.7 Å². The molecule has 5 nitrogen and oxygen atoms in total. The molecule has 1 atom stereocenters. The summed E-state index contributed by atoms with van der Waals surface area (Å²) < 4.78 is 0. The number of aliphatic imine (C=N–C) groups is 1. The molecule has 0 saturated heterocycles. The third kappa shape index (κ3) is 2.60. The minimum atomic E-state index is -0.0536. The Morgan fingerprint density at radius 1 is 1.60 bits per heavy atom. The molecule has 106 valence electrons. The fraction of sp³-hybridized carbons (Fsp3) is 0.429. The third-order valence-electron chi connectivity index (χ3n) is 3.53. The van der Waals surface area contributed by atoms with Gasteiger partial charge in [0, 0.05) is 35.7 Å². The predicted molar refractivity (Wildman–Crippen MR) is 81.8 cm³/mol. The molecule has 0 radical (unpaired) electrons. The lowest BCUT2D eigenvalue weighted by Gasteiger charge is -2.35. The molecule has 0 saturated carbocycles. The maximum absolute atomic E-state index is 11.1. The van der Waals surface area contributed by atoms with Gasteiger partial charge in [0.05, 0.1) is 6.54 Å². The molecule has 1 aliphatic carbocycles. The number of carbonyl (C=O) groups is 1. The smallest absolute Gasteiger partial charge is 0.216 e. The molecule has 3 N–H and O–H groups in total. The molecule has 2 heterocycles. The van der Waals surface area contributed by atoms with E-state index < -0.39 is 0 Å². The van der Waals surface area contributed by atoms with Gasteiger partial charge in [-0.25, -0.2) is 4.99 Å². The van der Waals surface area contributed by atoms with E-state index in [1.165, 1.54) is 10.6 Å². The Labute approximate surface area is 122 Å². The Hall–Kier alpha value is -1.69. The largest absolute Gasteiger partial charge is 0.372 e. The van der Waals surface area contributed by atoms with Gasteiger partial charge in [0.15, 0.2) is 5.82 Å². The quantitative estimate of drug-likeness (QED) is 0.720. The van der Waals surface area contributed by atoms with Crippen LogP contribution in [-0.4, -0.2) is 25.2 Å². The molecule has 0 spiro atoms. The number of hydrogen-bond donors (Lipinski definition) is 3. The lowest BCUT2D eigenvalue weighted by molar-refractivity contribution is -0.119. The maximum Gasteiger partial charge on any atom is 0.216 e. The highest BCUT2D eigenvalue weighted by Crippen LogP contribution is 2.42. The molecule has 20 heavy (non-hydrogen) atoms. The van der Waals surface area contributed by atoms with Crippen molar-refractivity contribution >= 4 is 23.9 Å². The zero-order chi connectivity index (χ0) is 14.2. The minimum Gasteiger partial charge on any atom is -0.372 e. The van der Waals surface area contributed by atoms with Gasteiger partial charge in [-0.3, -0.25) is 4.79 Å². The number of amides is 1. The summed E-state index contributed by atoms with van der Waals surface area (Å²) in [6.45, 7) is 5.13. The van der Waals surface area contributed by atoms with Crippen LogP contribution in [0.4, 0.5) is 0 Å². The van der Waals surface area contributed by atoms with Crippen molar-refractivity contribution < 1.29 is 4.79 Å². The summed E-state index contributed by atoms with van der Waals surface area (Å²) in [5.74, 6) is 0.911. The highest BCUT2D eigenvalue weighted by atomic mass is 32.2. The molecule has 0 fully saturated rings. The van der Waals surface area contributed by atoms with Crippen molar-refractivity contribution in [1.29, 1.82) is 0 Å². The molecule has 6 heteroatoms. The molecular weight excluding hydrogens is 272 g/mol. The van der Waals surface area contributed by atoms with Crippen LogP contribution in [0.25, 0.3) is 0 Å². The first-order valence-electron chi connectivity index (χ1n) is 6.68. The summed E-state index contributed by atoms with van der Waals surface area (Å²) in [5, 5.41) is 10.7. The van der Waals surface area contributed by atoms with E-state index in [-0.39, 0.29) is 11.3 Å². The number of nitrogens with zero attached hydrogens (tertiary/aromatic N) is 1. The second-order valence-electron chi connectivity index (χ2n) is 5.51. The number of rotatable bonds is 2. The monoisotopic (exact) mass is 290 g/mol. The van der Waals surface area contributed by atoms with Gasteiger partial charge in [0.2, 0.25) is 5.91 Å². The van der Waals surface area contributed by atoms with E-state index in [2.05, 4.69) is 40.0 Å². The molecule has 2 aliphatic heterocycles. The first-order chi connectivity index (χ1) is 9.56. The van der Waals surface area contributed by atoms with Crippen LogP contribution in [0.5, 0.6) is 0 Å². The van der Waals surface area contributed by atoms with Gasteiger partial charge >= 0.3 is 0 Å². The van der Waals surface area contributed by atoms with Crippen LogP contribution < -0.4 is 16.0 Å². The van der Waals surface area contributed by atoms with Crippen LogP contribution >= 0.6 is 11.8 Å². The van der Waals surface area contributed by atoms with E-state index in [1.807, 2.05) is 6.21 Å². The SMILES string of the molecule is CC(=O)NCC1(C)C=CC2=C(C1)NC1=C(NCC=N1)S2. The third-order valence-corrected chi connectivity index (χ3v) is 4.67. The van der Waals surface area contributed by atoms with Crippen molar-refractivity contribution in [3.8, 4) is 0 Å². The summed E-state index contributed by atoms with van der Waals surface area (Å²) in [7, 11) is 0. The van der Waals surface area contributed by atoms with Crippen LogP contribution in [0.1, 0.15) is 20.3 Å². The van der Waals surface area contributed by atoms with Crippen LogP contribution in [0.15, 0.2) is 38.6 Å². The number of carbonyl (C=O) groups excluding carboxylic acids is 1. The zero-order valence-corrected chi connectivity index (χ0v) is 12.4. The Morgan fingerprint density at radius 3 is 3.25 bits per heavy atom. The topological polar surface area (TPSA) is 65.5 Å². The summed E-state index contributed by atoms with van der Waals surface area (Å²) in [4.78, 5) is 16.7. The fourth-order valence-corrected chi connectivity index (χ4v) is 3.38. The van der Waals surface area contributed by atoms with Crippen molar-refractivity contribution in [1.82, 2.24) is 16.0 Å². The Balaban J connectivity index is 1.73. The number of thioether (sulfide) groups is 1. The summed E-state index contributed by atoms with van der Waals surface area (Å²) in [6.07, 6.45) is 7.07. The highest BCUT2D eigenvalue weighted by Gasteiger charge is 2.31. The normalized spacial score (nSPS) is 27.5. The number of nitrogens with one attached hydrogen (secondary N) is 3. The lowest BCUT2D eigenvalue weighted by atomic mass is 9.82. The molecule has 0 aromatic carbocycles. The van der Waals surface area contributed by atoms with Gasteiger partial charge in [0.25, 0.3) is 0 Å². The molecule has 0 aromatic heterocycles. The van der Waals surface area contributed by atoms with Gasteiger partial charge in [-0.15, -0.1) is 0 Å². The Bertz CT molecular complexity index is 576. The highest BCUT2D eigenvalue weighted by molar-refractivity contribution is 8.06. The van der Waals surface area contributed by atoms with E-state index in [0.29, 0.717) is 6.54 Å². The van der Waals surface area contributed by atoms with E-state index >= 15 is 0 Å². The van der Waals surface area contributed by atoms with E-state index in [4.69, 9.17) is 0 Å². The Kier molecular flexibility index (Phi) is 3.33. The fourth-order valence-electron chi connectivity index (χ4n) is 2.42. The van der Waals surface area contributed by atoms with E-state index in [0.717, 1.165) is 23.8 Å². The van der Waals surface area contributed by atoms with Crippen molar-refractivity contribution in [3.63, 3.8) is 0 Å². The van der Waals surface area contributed by atoms with Gasteiger partial charge in [-0.1, -0.05) is 24.8 Å². The van der Waals surface area contributed by atoms with Crippen LogP contribution in [0, 0.1) is 5.41 Å². The molecule has 1 amide bonds. The second kappa shape index (κ2) is 5.01. The number of allylic oxidation sites excluding steroid dienone is 2. The molecule has 3 rings (SSSR count).